The van der Waals surface area contributed by atoms with Crippen molar-refractivity contribution in [3.8, 4) is 5.75 Å². The molecule has 0 atom stereocenters. The molecule has 11 heteroatoms. The molecular formula is C21H24F3N5O3. The molecule has 2 aliphatic heterocycles. The van der Waals surface area contributed by atoms with Crippen LogP contribution in [0.2, 0.25) is 0 Å². The van der Waals surface area contributed by atoms with Gasteiger partial charge < -0.3 is 24.2 Å². The Labute approximate surface area is 183 Å². The number of rotatable bonds is 4. The summed E-state index contributed by atoms with van der Waals surface area (Å²) in [6.07, 6.45) is -4.80. The Kier molecular flexibility index (Phi) is 6.35. The maximum absolute atomic E-state index is 12.8. The number of carbonyl (C=O) groups is 1. The van der Waals surface area contributed by atoms with E-state index < -0.39 is 12.1 Å². The normalized spacial score (nSPS) is 17.4. The van der Waals surface area contributed by atoms with Crippen molar-refractivity contribution >= 4 is 17.7 Å². The van der Waals surface area contributed by atoms with E-state index in [0.717, 1.165) is 30.7 Å². The maximum Gasteiger partial charge on any atom is 0.573 e. The summed E-state index contributed by atoms with van der Waals surface area (Å²) in [4.78, 5) is 27.9. The summed E-state index contributed by atoms with van der Waals surface area (Å²) in [6.45, 7) is 6.66. The molecule has 0 spiro atoms. The van der Waals surface area contributed by atoms with Crippen molar-refractivity contribution in [3.05, 3.63) is 41.6 Å². The number of aryl methyl sites for hydroxylation is 1. The fourth-order valence-corrected chi connectivity index (χ4v) is 3.75. The van der Waals surface area contributed by atoms with Gasteiger partial charge in [0.25, 0.3) is 5.91 Å². The zero-order valence-corrected chi connectivity index (χ0v) is 17.6. The highest BCUT2D eigenvalue weighted by Gasteiger charge is 2.31. The third-order valence-electron chi connectivity index (χ3n) is 5.33. The number of carbonyl (C=O) groups excluding carboxylic acids is 1. The number of aromatic nitrogens is 2. The SMILES string of the molecule is Cc1cc(N2CCOCC2)nc(N2CCN(C(=O)c3cccc(OC(F)(F)F)c3)CC2)n1. The van der Waals surface area contributed by atoms with Gasteiger partial charge in [-0.05, 0) is 25.1 Å². The third kappa shape index (κ3) is 5.39. The summed E-state index contributed by atoms with van der Waals surface area (Å²) in [7, 11) is 0. The summed E-state index contributed by atoms with van der Waals surface area (Å²) in [5, 5.41) is 0. The predicted octanol–water partition coefficient (Wildman–Crippen LogP) is 2.48. The minimum absolute atomic E-state index is 0.154. The van der Waals surface area contributed by atoms with Crippen molar-refractivity contribution in [2.75, 3.05) is 62.3 Å². The van der Waals surface area contributed by atoms with Crippen LogP contribution in [0.5, 0.6) is 5.75 Å². The fourth-order valence-electron chi connectivity index (χ4n) is 3.75. The number of hydrogen-bond donors (Lipinski definition) is 0. The highest BCUT2D eigenvalue weighted by Crippen LogP contribution is 2.24. The second-order valence-corrected chi connectivity index (χ2v) is 7.62. The molecule has 172 valence electrons. The van der Waals surface area contributed by atoms with Crippen molar-refractivity contribution in [2.24, 2.45) is 0 Å². The third-order valence-corrected chi connectivity index (χ3v) is 5.33. The smallest absolute Gasteiger partial charge is 0.406 e. The van der Waals surface area contributed by atoms with Crippen LogP contribution in [0.15, 0.2) is 30.3 Å². The van der Waals surface area contributed by atoms with Crippen LogP contribution in [-0.4, -0.2) is 79.6 Å². The second kappa shape index (κ2) is 9.19. The highest BCUT2D eigenvalue weighted by molar-refractivity contribution is 5.94. The van der Waals surface area contributed by atoms with Crippen molar-refractivity contribution in [2.45, 2.75) is 13.3 Å². The van der Waals surface area contributed by atoms with Crippen LogP contribution in [0.1, 0.15) is 16.1 Å². The Hall–Kier alpha value is -3.08. The topological polar surface area (TPSA) is 71.0 Å². The molecule has 1 aromatic heterocycles. The van der Waals surface area contributed by atoms with Gasteiger partial charge in [0.05, 0.1) is 13.2 Å². The lowest BCUT2D eigenvalue weighted by atomic mass is 10.1. The first-order valence-electron chi connectivity index (χ1n) is 10.4. The van der Waals surface area contributed by atoms with Crippen molar-refractivity contribution in [1.82, 2.24) is 14.9 Å². The zero-order chi connectivity index (χ0) is 22.7. The van der Waals surface area contributed by atoms with Gasteiger partial charge in [-0.25, -0.2) is 4.98 Å². The minimum atomic E-state index is -4.80. The molecule has 0 saturated carbocycles. The number of halogens is 3. The second-order valence-electron chi connectivity index (χ2n) is 7.62. The largest absolute Gasteiger partial charge is 0.573 e. The summed E-state index contributed by atoms with van der Waals surface area (Å²) in [6, 6.07) is 7.09. The van der Waals surface area contributed by atoms with E-state index in [2.05, 4.69) is 14.6 Å². The van der Waals surface area contributed by atoms with Crippen molar-refractivity contribution in [3.63, 3.8) is 0 Å². The lowest BCUT2D eigenvalue weighted by Crippen LogP contribution is -2.49. The maximum atomic E-state index is 12.8. The van der Waals surface area contributed by atoms with Gasteiger partial charge in [-0.15, -0.1) is 13.2 Å². The van der Waals surface area contributed by atoms with Crippen LogP contribution in [0.4, 0.5) is 24.9 Å². The molecule has 0 bridgehead atoms. The number of benzene rings is 1. The molecule has 32 heavy (non-hydrogen) atoms. The van der Waals surface area contributed by atoms with Gasteiger partial charge in [0.15, 0.2) is 0 Å². The summed E-state index contributed by atoms with van der Waals surface area (Å²) in [5.41, 5.74) is 1.01. The lowest BCUT2D eigenvalue weighted by Gasteiger charge is -2.35. The van der Waals surface area contributed by atoms with Crippen molar-refractivity contribution in [1.29, 1.82) is 0 Å². The van der Waals surface area contributed by atoms with E-state index in [4.69, 9.17) is 9.72 Å². The molecule has 0 aliphatic carbocycles. The first-order valence-corrected chi connectivity index (χ1v) is 10.4. The van der Waals surface area contributed by atoms with E-state index in [0.29, 0.717) is 45.3 Å². The molecule has 2 saturated heterocycles. The van der Waals surface area contributed by atoms with Crippen LogP contribution in [-0.2, 0) is 4.74 Å². The average molecular weight is 451 g/mol. The quantitative estimate of drug-likeness (QED) is 0.707. The molecule has 3 heterocycles. The van der Waals surface area contributed by atoms with Crippen LogP contribution in [0.25, 0.3) is 0 Å². The van der Waals surface area contributed by atoms with E-state index in [-0.39, 0.29) is 11.5 Å². The van der Waals surface area contributed by atoms with Gasteiger partial charge in [0, 0.05) is 56.6 Å². The molecule has 2 aromatic rings. The van der Waals surface area contributed by atoms with Crippen molar-refractivity contribution < 1.29 is 27.4 Å². The van der Waals surface area contributed by atoms with Gasteiger partial charge in [-0.2, -0.15) is 4.98 Å². The number of hydrogen-bond acceptors (Lipinski definition) is 7. The minimum Gasteiger partial charge on any atom is -0.406 e. The van der Waals surface area contributed by atoms with Crippen LogP contribution in [0.3, 0.4) is 0 Å². The summed E-state index contributed by atoms with van der Waals surface area (Å²) < 4.78 is 46.7. The molecule has 0 unspecified atom stereocenters. The Morgan fingerprint density at radius 3 is 2.41 bits per heavy atom. The monoisotopic (exact) mass is 451 g/mol. The Balaban J connectivity index is 1.41. The summed E-state index contributed by atoms with van der Waals surface area (Å²) in [5.74, 6) is 0.720. The standard InChI is InChI=1S/C21H24F3N5O3/c1-15-13-18(27-9-11-31-12-10-27)26-20(25-15)29-7-5-28(6-8-29)19(30)16-3-2-4-17(14-16)32-21(22,23)24/h2-4,13-14H,5-12H2,1H3. The van der Waals surface area contributed by atoms with Gasteiger partial charge in [0.2, 0.25) is 5.95 Å². The Morgan fingerprint density at radius 2 is 1.72 bits per heavy atom. The molecule has 2 fully saturated rings. The number of alkyl halides is 3. The van der Waals surface area contributed by atoms with Crippen LogP contribution >= 0.6 is 0 Å². The molecule has 0 radical (unpaired) electrons. The molecule has 0 N–H and O–H groups in total. The Bertz CT molecular complexity index is 958. The predicted molar refractivity (Wildman–Crippen MR) is 111 cm³/mol. The first-order chi connectivity index (χ1) is 15.3. The van der Waals surface area contributed by atoms with E-state index in [1.165, 1.54) is 18.2 Å². The number of anilines is 2. The average Bonchev–Trinajstić information content (AvgIpc) is 2.78. The van der Waals surface area contributed by atoms with Gasteiger partial charge in [-0.1, -0.05) is 6.07 Å². The lowest BCUT2D eigenvalue weighted by molar-refractivity contribution is -0.274. The van der Waals surface area contributed by atoms with Crippen LogP contribution in [0, 0.1) is 6.92 Å². The van der Waals surface area contributed by atoms with Crippen LogP contribution < -0.4 is 14.5 Å². The molecule has 4 rings (SSSR count). The van der Waals surface area contributed by atoms with E-state index in [1.54, 1.807) is 4.90 Å². The molecule has 1 aromatic carbocycles. The van der Waals surface area contributed by atoms with E-state index >= 15 is 0 Å². The van der Waals surface area contributed by atoms with E-state index in [9.17, 15) is 18.0 Å². The first kappa shape index (κ1) is 22.1. The fraction of sp³-hybridized carbons (Fsp3) is 0.476. The highest BCUT2D eigenvalue weighted by atomic mass is 19.4. The number of morpholine rings is 1. The van der Waals surface area contributed by atoms with E-state index in [1.807, 2.05) is 17.9 Å². The number of nitrogens with zero attached hydrogens (tertiary/aromatic N) is 5. The molecule has 2 aliphatic rings. The number of piperazine rings is 1. The molecule has 1 amide bonds. The number of ether oxygens (including phenoxy) is 2. The van der Waals surface area contributed by atoms with Gasteiger partial charge in [-0.3, -0.25) is 4.79 Å². The Morgan fingerprint density at radius 1 is 1.00 bits per heavy atom. The van der Waals surface area contributed by atoms with Gasteiger partial charge >= 0.3 is 6.36 Å². The summed E-state index contributed by atoms with van der Waals surface area (Å²) >= 11 is 0. The molecule has 8 nitrogen and oxygen atoms in total. The van der Waals surface area contributed by atoms with Gasteiger partial charge in [0.1, 0.15) is 11.6 Å². The molecular weight excluding hydrogens is 427 g/mol. The zero-order valence-electron chi connectivity index (χ0n) is 17.6. The number of amides is 1.